The molecule has 3 nitrogen and oxygen atoms in total. The van der Waals surface area contributed by atoms with Gasteiger partial charge in [-0.2, -0.15) is 5.26 Å². The molecule has 3 heteroatoms. The van der Waals surface area contributed by atoms with Gasteiger partial charge < -0.3 is 9.84 Å². The van der Waals surface area contributed by atoms with Crippen LogP contribution < -0.4 is 0 Å². The molecule has 25 heavy (non-hydrogen) atoms. The van der Waals surface area contributed by atoms with E-state index in [0.29, 0.717) is 17.9 Å². The van der Waals surface area contributed by atoms with Crippen LogP contribution in [0.5, 0.6) is 0 Å². The zero-order valence-corrected chi connectivity index (χ0v) is 16.2. The number of hydrogen-bond acceptors (Lipinski definition) is 3. The maximum atomic E-state index is 10.5. The standard InChI is InChI=1S/C22H35NO2/c1-4-25-20-12-22(3)14(11-19(20)24)5-7-16-17-8-6-15(13-23)21(17,2)10-9-18(16)22/h14-20,24H,4-12H2,1-3H3/t14-,15+,16-,17-,18-,19-,20-,21+,22-/m0/s1. The average Bonchev–Trinajstić information content (AvgIpc) is 2.93. The maximum Gasteiger partial charge on any atom is 0.0839 e. The Morgan fingerprint density at radius 2 is 1.84 bits per heavy atom. The van der Waals surface area contributed by atoms with Gasteiger partial charge in [0.25, 0.3) is 0 Å². The molecule has 9 atom stereocenters. The van der Waals surface area contributed by atoms with Crippen LogP contribution in [-0.2, 0) is 4.74 Å². The van der Waals surface area contributed by atoms with Crippen molar-refractivity contribution in [3.05, 3.63) is 0 Å². The third-order valence-corrected chi connectivity index (χ3v) is 9.20. The van der Waals surface area contributed by atoms with Gasteiger partial charge in [-0.05, 0) is 92.8 Å². The highest BCUT2D eigenvalue weighted by atomic mass is 16.5. The van der Waals surface area contributed by atoms with Gasteiger partial charge in [-0.15, -0.1) is 0 Å². The summed E-state index contributed by atoms with van der Waals surface area (Å²) >= 11 is 0. The van der Waals surface area contributed by atoms with Crippen molar-refractivity contribution in [2.75, 3.05) is 6.61 Å². The molecule has 140 valence electrons. The number of nitrogens with zero attached hydrogens (tertiary/aromatic N) is 1. The fourth-order valence-electron chi connectivity index (χ4n) is 7.85. The smallest absolute Gasteiger partial charge is 0.0839 e. The summed E-state index contributed by atoms with van der Waals surface area (Å²) in [5.74, 6) is 3.21. The van der Waals surface area contributed by atoms with Crippen LogP contribution in [-0.4, -0.2) is 23.9 Å². The number of hydrogen-bond donors (Lipinski definition) is 1. The molecule has 4 rings (SSSR count). The van der Waals surface area contributed by atoms with E-state index in [0.717, 1.165) is 37.0 Å². The molecular formula is C22H35NO2. The first-order valence-corrected chi connectivity index (χ1v) is 10.6. The summed E-state index contributed by atoms with van der Waals surface area (Å²) in [4.78, 5) is 0. The van der Waals surface area contributed by atoms with Gasteiger partial charge >= 0.3 is 0 Å². The molecule has 0 heterocycles. The molecule has 4 saturated carbocycles. The Hall–Kier alpha value is -0.590. The molecule has 0 saturated heterocycles. The molecule has 0 bridgehead atoms. The summed E-state index contributed by atoms with van der Waals surface area (Å²) in [5, 5.41) is 20.2. The second kappa shape index (κ2) is 6.24. The van der Waals surface area contributed by atoms with Crippen molar-refractivity contribution < 1.29 is 9.84 Å². The normalized spacial score (nSPS) is 54.9. The van der Waals surface area contributed by atoms with Crippen LogP contribution in [0.3, 0.4) is 0 Å². The first kappa shape index (κ1) is 17.8. The second-order valence-electron chi connectivity index (χ2n) is 9.96. The Balaban J connectivity index is 1.60. The number of rotatable bonds is 2. The molecule has 4 aliphatic carbocycles. The first-order valence-electron chi connectivity index (χ1n) is 10.6. The van der Waals surface area contributed by atoms with E-state index in [4.69, 9.17) is 4.74 Å². The van der Waals surface area contributed by atoms with Gasteiger partial charge in [0.2, 0.25) is 0 Å². The number of aliphatic hydroxyl groups excluding tert-OH is 1. The van der Waals surface area contributed by atoms with Crippen LogP contribution in [0.1, 0.15) is 72.1 Å². The van der Waals surface area contributed by atoms with Crippen LogP contribution in [0.15, 0.2) is 0 Å². The fraction of sp³-hybridized carbons (Fsp3) is 0.955. The van der Waals surface area contributed by atoms with Crippen LogP contribution in [0.25, 0.3) is 0 Å². The monoisotopic (exact) mass is 345 g/mol. The van der Waals surface area contributed by atoms with Crippen molar-refractivity contribution >= 4 is 0 Å². The minimum Gasteiger partial charge on any atom is -0.390 e. The predicted octanol–water partition coefficient (Wildman–Crippen LogP) is 4.54. The van der Waals surface area contributed by atoms with Gasteiger partial charge in [0.1, 0.15) is 0 Å². The zero-order valence-electron chi connectivity index (χ0n) is 16.2. The maximum absolute atomic E-state index is 10.5. The number of ether oxygens (including phenoxy) is 1. The van der Waals surface area contributed by atoms with Crippen LogP contribution in [0, 0.1) is 51.8 Å². The Morgan fingerprint density at radius 3 is 2.56 bits per heavy atom. The van der Waals surface area contributed by atoms with E-state index in [1.54, 1.807) is 0 Å². The summed E-state index contributed by atoms with van der Waals surface area (Å²) in [5.41, 5.74) is 0.570. The third-order valence-electron chi connectivity index (χ3n) is 9.20. The average molecular weight is 346 g/mol. The lowest BCUT2D eigenvalue weighted by molar-refractivity contribution is -0.169. The van der Waals surface area contributed by atoms with Crippen molar-refractivity contribution in [3.8, 4) is 6.07 Å². The van der Waals surface area contributed by atoms with E-state index >= 15 is 0 Å². The van der Waals surface area contributed by atoms with Crippen LogP contribution in [0.2, 0.25) is 0 Å². The van der Waals surface area contributed by atoms with Gasteiger partial charge in [0.15, 0.2) is 0 Å². The van der Waals surface area contributed by atoms with Crippen LogP contribution >= 0.6 is 0 Å². The molecule has 0 aromatic rings. The largest absolute Gasteiger partial charge is 0.390 e. The van der Waals surface area contributed by atoms with E-state index < -0.39 is 0 Å². The Kier molecular flexibility index (Phi) is 4.44. The van der Waals surface area contributed by atoms with Gasteiger partial charge in [0.05, 0.1) is 24.2 Å². The lowest BCUT2D eigenvalue weighted by atomic mass is 9.44. The molecular weight excluding hydrogens is 310 g/mol. The molecule has 0 aromatic carbocycles. The third kappa shape index (κ3) is 2.51. The summed E-state index contributed by atoms with van der Waals surface area (Å²) < 4.78 is 5.94. The minimum absolute atomic E-state index is 0.0220. The number of fused-ring (bicyclic) bond motifs is 5. The van der Waals surface area contributed by atoms with Crippen molar-refractivity contribution in [2.24, 2.45) is 40.4 Å². The highest BCUT2D eigenvalue weighted by Crippen LogP contribution is 2.67. The highest BCUT2D eigenvalue weighted by Gasteiger charge is 2.61. The second-order valence-corrected chi connectivity index (χ2v) is 9.96. The highest BCUT2D eigenvalue weighted by molar-refractivity contribution is 5.13. The Morgan fingerprint density at radius 1 is 1.08 bits per heavy atom. The summed E-state index contributed by atoms with van der Waals surface area (Å²) in [6, 6.07) is 2.64. The van der Waals surface area contributed by atoms with Crippen LogP contribution in [0.4, 0.5) is 0 Å². The summed E-state index contributed by atoms with van der Waals surface area (Å²) in [6.07, 6.45) is 9.14. The van der Waals surface area contributed by atoms with E-state index in [1.165, 1.54) is 32.1 Å². The predicted molar refractivity (Wildman–Crippen MR) is 97.6 cm³/mol. The lowest BCUT2D eigenvalue weighted by Crippen LogP contribution is -2.57. The van der Waals surface area contributed by atoms with Crippen molar-refractivity contribution in [1.82, 2.24) is 0 Å². The Labute approximate surface area is 153 Å². The molecule has 0 spiro atoms. The van der Waals surface area contributed by atoms with Crippen molar-refractivity contribution in [2.45, 2.75) is 84.3 Å². The van der Waals surface area contributed by atoms with E-state index in [1.807, 2.05) is 6.92 Å². The molecule has 0 aliphatic heterocycles. The van der Waals surface area contributed by atoms with Gasteiger partial charge in [-0.3, -0.25) is 0 Å². The van der Waals surface area contributed by atoms with Gasteiger partial charge in [-0.25, -0.2) is 0 Å². The molecule has 0 amide bonds. The van der Waals surface area contributed by atoms with E-state index in [2.05, 4.69) is 19.9 Å². The lowest BCUT2D eigenvalue weighted by Gasteiger charge is -2.61. The number of aliphatic hydroxyl groups is 1. The Bertz CT molecular complexity index is 557. The van der Waals surface area contributed by atoms with E-state index in [9.17, 15) is 10.4 Å². The summed E-state index contributed by atoms with van der Waals surface area (Å²) in [7, 11) is 0. The van der Waals surface area contributed by atoms with E-state index in [-0.39, 0.29) is 23.5 Å². The molecule has 4 fully saturated rings. The topological polar surface area (TPSA) is 53.2 Å². The fourth-order valence-corrected chi connectivity index (χ4v) is 7.85. The molecule has 0 unspecified atom stereocenters. The summed E-state index contributed by atoms with van der Waals surface area (Å²) in [6.45, 7) is 7.65. The number of nitriles is 1. The minimum atomic E-state index is -0.280. The molecule has 4 aliphatic rings. The SMILES string of the molecule is CCO[C@H]1C[C@@]2(C)[C@@H](CC[C@@H]3[C@@H]2CC[C@]2(C)[C@@H](C#N)CC[C@@H]32)C[C@@H]1O. The zero-order chi connectivity index (χ0) is 17.8. The molecule has 1 N–H and O–H groups in total. The van der Waals surface area contributed by atoms with Gasteiger partial charge in [-0.1, -0.05) is 13.8 Å². The quantitative estimate of drug-likeness (QED) is 0.799. The molecule has 0 radical (unpaired) electrons. The van der Waals surface area contributed by atoms with Crippen molar-refractivity contribution in [3.63, 3.8) is 0 Å². The van der Waals surface area contributed by atoms with Gasteiger partial charge in [0, 0.05) is 6.61 Å². The first-order chi connectivity index (χ1) is 11.9. The van der Waals surface area contributed by atoms with Crippen molar-refractivity contribution in [1.29, 1.82) is 5.26 Å². The molecule has 0 aromatic heterocycles.